The Morgan fingerprint density at radius 3 is 2.68 bits per heavy atom. The number of aromatic nitrogens is 3. The average molecular weight is 437 g/mol. The number of fused-ring (bicyclic) bond motifs is 1. The molecule has 0 unspecified atom stereocenters. The van der Waals surface area contributed by atoms with Gasteiger partial charge in [-0.3, -0.25) is 9.59 Å². The number of halogens is 3. The zero-order chi connectivity index (χ0) is 22.6. The second-order valence-electron chi connectivity index (χ2n) is 7.37. The van der Waals surface area contributed by atoms with E-state index in [1.54, 1.807) is 18.2 Å². The lowest BCUT2D eigenvalue weighted by molar-refractivity contribution is -0.144. The molecule has 0 radical (unpaired) electrons. The van der Waals surface area contributed by atoms with Crippen LogP contribution < -0.4 is 10.6 Å². The zero-order valence-electron chi connectivity index (χ0n) is 17.0. The normalized spacial score (nSPS) is 11.8. The summed E-state index contributed by atoms with van der Waals surface area (Å²) in [6.45, 7) is 4.04. The van der Waals surface area contributed by atoms with Gasteiger partial charge in [0.05, 0.1) is 30.2 Å². The van der Waals surface area contributed by atoms with Gasteiger partial charge in [-0.2, -0.15) is 13.2 Å². The van der Waals surface area contributed by atoms with E-state index >= 15 is 0 Å². The highest BCUT2D eigenvalue weighted by atomic mass is 19.4. The van der Waals surface area contributed by atoms with Crippen LogP contribution in [0.4, 0.5) is 13.2 Å². The van der Waals surface area contributed by atoms with Crippen LogP contribution in [0, 0.1) is 0 Å². The van der Waals surface area contributed by atoms with Crippen LogP contribution in [0.15, 0.2) is 28.9 Å². The summed E-state index contributed by atoms with van der Waals surface area (Å²) in [6, 6.07) is 5.20. The summed E-state index contributed by atoms with van der Waals surface area (Å²) >= 11 is 0. The summed E-state index contributed by atoms with van der Waals surface area (Å²) in [4.78, 5) is 31.4. The van der Waals surface area contributed by atoms with E-state index in [2.05, 4.69) is 25.8 Å². The molecule has 0 aliphatic rings. The van der Waals surface area contributed by atoms with E-state index in [0.29, 0.717) is 33.7 Å². The summed E-state index contributed by atoms with van der Waals surface area (Å²) in [6.07, 6.45) is -4.74. The molecular weight excluding hydrogens is 415 g/mol. The van der Waals surface area contributed by atoms with Gasteiger partial charge in [-0.15, -0.1) is 0 Å². The quantitative estimate of drug-likeness (QED) is 0.499. The van der Waals surface area contributed by atoms with Gasteiger partial charge in [-0.25, -0.2) is 4.98 Å². The van der Waals surface area contributed by atoms with Crippen molar-refractivity contribution in [3.8, 4) is 0 Å². The number of hydrogen-bond donors (Lipinski definition) is 3. The van der Waals surface area contributed by atoms with Crippen LogP contribution in [0.5, 0.6) is 0 Å². The number of benzene rings is 1. The second-order valence-corrected chi connectivity index (χ2v) is 7.37. The highest BCUT2D eigenvalue weighted by Gasteiger charge is 2.27. The third-order valence-corrected chi connectivity index (χ3v) is 4.50. The highest BCUT2D eigenvalue weighted by molar-refractivity contribution is 5.94. The van der Waals surface area contributed by atoms with Crippen molar-refractivity contribution in [1.29, 1.82) is 0 Å². The van der Waals surface area contributed by atoms with Gasteiger partial charge in [0.25, 0.3) is 5.91 Å². The zero-order valence-corrected chi connectivity index (χ0v) is 17.0. The summed E-state index contributed by atoms with van der Waals surface area (Å²) in [5.41, 5.74) is 2.41. The largest absolute Gasteiger partial charge is 0.389 e. The average Bonchev–Trinajstić information content (AvgIpc) is 3.34. The molecule has 0 aliphatic carbocycles. The molecule has 3 N–H and O–H groups in total. The molecule has 0 fully saturated rings. The molecule has 0 bridgehead atoms. The molecule has 8 nitrogen and oxygen atoms in total. The van der Waals surface area contributed by atoms with Gasteiger partial charge in [0.2, 0.25) is 5.91 Å². The molecule has 31 heavy (non-hydrogen) atoms. The Morgan fingerprint density at radius 2 is 1.97 bits per heavy atom. The smallest absolute Gasteiger partial charge is 0.360 e. The summed E-state index contributed by atoms with van der Waals surface area (Å²) < 4.78 is 41.6. The van der Waals surface area contributed by atoms with E-state index in [0.717, 1.165) is 0 Å². The number of rotatable bonds is 8. The van der Waals surface area contributed by atoms with Crippen LogP contribution >= 0.6 is 0 Å². The minimum atomic E-state index is -4.36. The number of alkyl halides is 3. The molecule has 3 rings (SSSR count). The molecule has 2 amide bonds. The fourth-order valence-electron chi connectivity index (χ4n) is 2.94. The monoisotopic (exact) mass is 437 g/mol. The van der Waals surface area contributed by atoms with Crippen molar-refractivity contribution >= 4 is 22.8 Å². The lowest BCUT2D eigenvalue weighted by atomic mass is 10.1. The molecule has 11 heteroatoms. The van der Waals surface area contributed by atoms with Crippen LogP contribution in [0.1, 0.15) is 60.1 Å². The van der Waals surface area contributed by atoms with E-state index in [4.69, 9.17) is 4.52 Å². The Kier molecular flexibility index (Phi) is 6.62. The van der Waals surface area contributed by atoms with E-state index in [9.17, 15) is 22.8 Å². The molecule has 1 aromatic carbocycles. The molecule has 2 aromatic heterocycles. The Balaban J connectivity index is 1.57. The van der Waals surface area contributed by atoms with Crippen LogP contribution in [0.2, 0.25) is 0 Å². The first kappa shape index (κ1) is 22.3. The van der Waals surface area contributed by atoms with Crippen molar-refractivity contribution in [2.45, 2.75) is 51.9 Å². The maximum atomic E-state index is 12.4. The van der Waals surface area contributed by atoms with E-state index in [1.165, 1.54) is 6.20 Å². The van der Waals surface area contributed by atoms with Gasteiger partial charge in [-0.05, 0) is 17.7 Å². The minimum Gasteiger partial charge on any atom is -0.360 e. The number of carbonyl (C=O) groups excluding carboxylic acids is 2. The van der Waals surface area contributed by atoms with Crippen LogP contribution in [0.3, 0.4) is 0 Å². The van der Waals surface area contributed by atoms with Crippen molar-refractivity contribution in [3.63, 3.8) is 0 Å². The lowest BCUT2D eigenvalue weighted by Gasteiger charge is -2.07. The van der Waals surface area contributed by atoms with Crippen molar-refractivity contribution in [1.82, 2.24) is 25.8 Å². The van der Waals surface area contributed by atoms with Gasteiger partial charge >= 0.3 is 6.18 Å². The number of amides is 2. The predicted octanol–water partition coefficient (Wildman–Crippen LogP) is 3.56. The van der Waals surface area contributed by atoms with Crippen LogP contribution in [-0.2, 0) is 17.9 Å². The van der Waals surface area contributed by atoms with Crippen molar-refractivity contribution in [3.05, 3.63) is 47.1 Å². The second kappa shape index (κ2) is 9.19. The SMILES string of the molecule is CC(C)c1oncc1C(=O)NCc1nc2ccc(CNC(=O)CCC(F)(F)F)cc2[nH]1. The van der Waals surface area contributed by atoms with Gasteiger partial charge in [-0.1, -0.05) is 25.1 Å². The van der Waals surface area contributed by atoms with Gasteiger partial charge in [0.1, 0.15) is 11.4 Å². The van der Waals surface area contributed by atoms with Gasteiger partial charge in [0, 0.05) is 18.9 Å². The number of hydrogen-bond acceptors (Lipinski definition) is 5. The lowest BCUT2D eigenvalue weighted by Crippen LogP contribution is -2.24. The summed E-state index contributed by atoms with van der Waals surface area (Å²) in [7, 11) is 0. The maximum absolute atomic E-state index is 12.4. The summed E-state index contributed by atoms with van der Waals surface area (Å²) in [5.74, 6) is 0.0516. The Labute approximate surface area is 175 Å². The molecule has 0 atom stereocenters. The Morgan fingerprint density at radius 1 is 1.19 bits per heavy atom. The molecule has 0 saturated carbocycles. The number of carbonyl (C=O) groups is 2. The number of nitrogens with zero attached hydrogens (tertiary/aromatic N) is 2. The van der Waals surface area contributed by atoms with E-state index in [-0.39, 0.29) is 24.9 Å². The van der Waals surface area contributed by atoms with Gasteiger partial charge < -0.3 is 20.1 Å². The first-order chi connectivity index (χ1) is 14.6. The standard InChI is InChI=1S/C20H22F3N5O3/c1-11(2)18-13(9-26-31-18)19(30)25-10-16-27-14-4-3-12(7-15(14)28-16)8-24-17(29)5-6-20(21,22)23/h3-4,7,9,11H,5-6,8,10H2,1-2H3,(H,24,29)(H,25,30)(H,27,28). The molecule has 2 heterocycles. The van der Waals surface area contributed by atoms with E-state index in [1.807, 2.05) is 13.8 Å². The van der Waals surface area contributed by atoms with Crippen molar-refractivity contribution in [2.24, 2.45) is 0 Å². The van der Waals surface area contributed by atoms with Gasteiger partial charge in [0.15, 0.2) is 5.76 Å². The van der Waals surface area contributed by atoms with E-state index < -0.39 is 24.9 Å². The first-order valence-electron chi connectivity index (χ1n) is 9.66. The first-order valence-corrected chi connectivity index (χ1v) is 9.66. The highest BCUT2D eigenvalue weighted by Crippen LogP contribution is 2.21. The molecule has 0 aliphatic heterocycles. The molecule has 0 saturated heterocycles. The van der Waals surface area contributed by atoms with Crippen molar-refractivity contribution < 1.29 is 27.3 Å². The Hall–Kier alpha value is -3.37. The fourth-order valence-corrected chi connectivity index (χ4v) is 2.94. The molecular formula is C20H22F3N5O3. The van der Waals surface area contributed by atoms with Crippen LogP contribution in [-0.4, -0.2) is 33.1 Å². The molecule has 166 valence electrons. The molecule has 3 aromatic rings. The number of H-pyrrole nitrogens is 1. The molecule has 0 spiro atoms. The van der Waals surface area contributed by atoms with Crippen molar-refractivity contribution in [2.75, 3.05) is 0 Å². The third kappa shape index (κ3) is 6.06. The number of nitrogens with one attached hydrogen (secondary N) is 3. The predicted molar refractivity (Wildman–Crippen MR) is 105 cm³/mol. The number of imidazole rings is 1. The topological polar surface area (TPSA) is 113 Å². The Bertz CT molecular complexity index is 1070. The maximum Gasteiger partial charge on any atom is 0.389 e. The van der Waals surface area contributed by atoms with Crippen LogP contribution in [0.25, 0.3) is 11.0 Å². The minimum absolute atomic E-state index is 0.0156. The fraction of sp³-hybridized carbons (Fsp3) is 0.400. The third-order valence-electron chi connectivity index (χ3n) is 4.50. The summed E-state index contributed by atoms with van der Waals surface area (Å²) in [5, 5.41) is 8.90. The number of aromatic amines is 1.